The third-order valence-electron chi connectivity index (χ3n) is 4.24. The second kappa shape index (κ2) is 8.68. The fraction of sp³-hybridized carbons (Fsp3) is 0.150. The molecule has 0 spiro atoms. The summed E-state index contributed by atoms with van der Waals surface area (Å²) in [6.45, 7) is 3.92. The van der Waals surface area contributed by atoms with Crippen molar-refractivity contribution in [2.24, 2.45) is 0 Å². The summed E-state index contributed by atoms with van der Waals surface area (Å²) in [5.41, 5.74) is 1.60. The first-order chi connectivity index (χ1) is 13.7. The van der Waals surface area contributed by atoms with E-state index in [1.807, 2.05) is 22.6 Å². The quantitative estimate of drug-likeness (QED) is 0.262. The average Bonchev–Trinajstić information content (AvgIpc) is 2.66. The number of amides is 2. The van der Waals surface area contributed by atoms with Gasteiger partial charge in [-0.25, -0.2) is 0 Å². The van der Waals surface area contributed by atoms with Gasteiger partial charge in [0, 0.05) is 5.02 Å². The Balaban J connectivity index is 2.08. The Morgan fingerprint density at radius 1 is 1.34 bits per heavy atom. The van der Waals surface area contributed by atoms with Crippen LogP contribution in [0.15, 0.2) is 35.9 Å². The van der Waals surface area contributed by atoms with Gasteiger partial charge in [0.25, 0.3) is 11.8 Å². The van der Waals surface area contributed by atoms with E-state index in [4.69, 9.17) is 28.6 Å². The Kier molecular flexibility index (Phi) is 6.45. The van der Waals surface area contributed by atoms with Crippen LogP contribution in [0.5, 0.6) is 11.5 Å². The molecule has 0 atom stereocenters. The topological polar surface area (TPSA) is 78.9 Å². The lowest BCUT2D eigenvalue weighted by molar-refractivity contribution is -0.122. The van der Waals surface area contributed by atoms with Crippen molar-refractivity contribution in [3.63, 3.8) is 0 Å². The predicted octanol–water partition coefficient (Wildman–Crippen LogP) is 4.19. The lowest BCUT2D eigenvalue weighted by Gasteiger charge is -2.30. The van der Waals surface area contributed by atoms with E-state index >= 15 is 0 Å². The average molecular weight is 543 g/mol. The van der Waals surface area contributed by atoms with Gasteiger partial charge in [-0.15, -0.1) is 0 Å². The van der Waals surface area contributed by atoms with E-state index in [1.54, 1.807) is 44.2 Å². The number of thiocarbonyl (C=S) groups is 1. The Bertz CT molecular complexity index is 1070. The fourth-order valence-electron chi connectivity index (χ4n) is 2.82. The molecule has 0 aliphatic carbocycles. The zero-order chi connectivity index (χ0) is 21.3. The number of nitrogens with zero attached hydrogens (tertiary/aromatic N) is 1. The van der Waals surface area contributed by atoms with Gasteiger partial charge in [0.1, 0.15) is 5.57 Å². The molecule has 1 aliphatic heterocycles. The summed E-state index contributed by atoms with van der Waals surface area (Å²) in [4.78, 5) is 26.9. The molecule has 0 aromatic heterocycles. The van der Waals surface area contributed by atoms with Crippen LogP contribution in [0.2, 0.25) is 5.02 Å². The Labute approximate surface area is 191 Å². The number of carbonyl (C=O) groups is 2. The largest absolute Gasteiger partial charge is 0.504 e. The highest BCUT2D eigenvalue weighted by atomic mass is 127. The summed E-state index contributed by atoms with van der Waals surface area (Å²) >= 11 is 13.4. The van der Waals surface area contributed by atoms with Gasteiger partial charge in [0.15, 0.2) is 16.6 Å². The number of rotatable bonds is 4. The molecule has 0 unspecified atom stereocenters. The van der Waals surface area contributed by atoms with Crippen LogP contribution >= 0.6 is 46.4 Å². The molecule has 1 saturated heterocycles. The van der Waals surface area contributed by atoms with Gasteiger partial charge in [-0.2, -0.15) is 0 Å². The van der Waals surface area contributed by atoms with Gasteiger partial charge in [-0.3, -0.25) is 19.8 Å². The zero-order valence-corrected chi connectivity index (χ0v) is 19.2. The zero-order valence-electron chi connectivity index (χ0n) is 15.5. The van der Waals surface area contributed by atoms with E-state index in [0.29, 0.717) is 32.0 Å². The standard InChI is InChI=1S/C20H16ClIN2O4S/c1-3-28-16-9-11(8-14(22)17(16)25)7-12-18(26)23-20(29)24(19(12)27)15-6-4-5-13(21)10(15)2/h4-9,25H,3H2,1-2H3,(H,23,26,29). The molecule has 1 fully saturated rings. The van der Waals surface area contributed by atoms with Crippen LogP contribution in [-0.2, 0) is 9.59 Å². The molecule has 0 saturated carbocycles. The molecule has 3 rings (SSSR count). The van der Waals surface area contributed by atoms with Crippen molar-refractivity contribution in [2.45, 2.75) is 13.8 Å². The van der Waals surface area contributed by atoms with Crippen LogP contribution < -0.4 is 15.0 Å². The highest BCUT2D eigenvalue weighted by Crippen LogP contribution is 2.34. The van der Waals surface area contributed by atoms with Gasteiger partial charge in [0.2, 0.25) is 0 Å². The number of benzene rings is 2. The van der Waals surface area contributed by atoms with E-state index in [1.165, 1.54) is 11.0 Å². The van der Waals surface area contributed by atoms with Crippen LogP contribution in [-0.4, -0.2) is 28.6 Å². The van der Waals surface area contributed by atoms with E-state index in [9.17, 15) is 14.7 Å². The fourth-order valence-corrected chi connectivity index (χ4v) is 3.89. The van der Waals surface area contributed by atoms with Gasteiger partial charge < -0.3 is 9.84 Å². The molecule has 9 heteroatoms. The summed E-state index contributed by atoms with van der Waals surface area (Å²) in [7, 11) is 0. The number of carbonyl (C=O) groups excluding carboxylic acids is 2. The number of ether oxygens (including phenoxy) is 1. The minimum absolute atomic E-state index is 0.00591. The minimum Gasteiger partial charge on any atom is -0.504 e. The number of aromatic hydroxyl groups is 1. The van der Waals surface area contributed by atoms with Crippen LogP contribution in [0.3, 0.4) is 0 Å². The van der Waals surface area contributed by atoms with E-state index in [-0.39, 0.29) is 22.2 Å². The second-order valence-electron chi connectivity index (χ2n) is 6.12. The maximum absolute atomic E-state index is 13.2. The van der Waals surface area contributed by atoms with Crippen LogP contribution in [0.4, 0.5) is 5.69 Å². The summed E-state index contributed by atoms with van der Waals surface area (Å²) in [6, 6.07) is 8.33. The van der Waals surface area contributed by atoms with Gasteiger partial charge >= 0.3 is 0 Å². The Morgan fingerprint density at radius 3 is 2.76 bits per heavy atom. The molecule has 0 radical (unpaired) electrons. The molecule has 6 nitrogen and oxygen atoms in total. The number of anilines is 1. The number of halogens is 2. The molecule has 150 valence electrons. The van der Waals surface area contributed by atoms with Crippen molar-refractivity contribution in [2.75, 3.05) is 11.5 Å². The van der Waals surface area contributed by atoms with Crippen molar-refractivity contribution in [3.8, 4) is 11.5 Å². The highest BCUT2D eigenvalue weighted by molar-refractivity contribution is 14.1. The molecular formula is C20H16ClIN2O4S. The molecule has 1 aliphatic rings. The van der Waals surface area contributed by atoms with Crippen LogP contribution in [0.1, 0.15) is 18.1 Å². The number of phenols is 1. The summed E-state index contributed by atoms with van der Waals surface area (Å²) in [6.07, 6.45) is 1.44. The first-order valence-electron chi connectivity index (χ1n) is 8.56. The number of nitrogens with one attached hydrogen (secondary N) is 1. The van der Waals surface area contributed by atoms with E-state index < -0.39 is 11.8 Å². The third kappa shape index (κ3) is 4.24. The van der Waals surface area contributed by atoms with Crippen LogP contribution in [0, 0.1) is 10.5 Å². The van der Waals surface area contributed by atoms with Crippen molar-refractivity contribution in [3.05, 3.63) is 55.6 Å². The van der Waals surface area contributed by atoms with Crippen molar-refractivity contribution < 1.29 is 19.4 Å². The third-order valence-corrected chi connectivity index (χ3v) is 5.76. The van der Waals surface area contributed by atoms with Gasteiger partial charge in [-0.05, 0) is 90.1 Å². The number of hydrogen-bond donors (Lipinski definition) is 2. The maximum atomic E-state index is 13.2. The first-order valence-corrected chi connectivity index (χ1v) is 10.4. The second-order valence-corrected chi connectivity index (χ2v) is 8.08. The van der Waals surface area contributed by atoms with Crippen LogP contribution in [0.25, 0.3) is 6.08 Å². The number of phenolic OH excluding ortho intramolecular Hbond substituents is 1. The van der Waals surface area contributed by atoms with Gasteiger partial charge in [-0.1, -0.05) is 17.7 Å². The molecule has 2 amide bonds. The van der Waals surface area contributed by atoms with Crippen molar-refractivity contribution in [1.82, 2.24) is 5.32 Å². The van der Waals surface area contributed by atoms with Crippen molar-refractivity contribution in [1.29, 1.82) is 0 Å². The Morgan fingerprint density at radius 2 is 2.07 bits per heavy atom. The molecular weight excluding hydrogens is 527 g/mol. The molecule has 2 aromatic carbocycles. The summed E-state index contributed by atoms with van der Waals surface area (Å²) in [5.74, 6) is -0.888. The lowest BCUT2D eigenvalue weighted by Crippen LogP contribution is -2.54. The maximum Gasteiger partial charge on any atom is 0.270 e. The lowest BCUT2D eigenvalue weighted by atomic mass is 10.1. The summed E-state index contributed by atoms with van der Waals surface area (Å²) < 4.78 is 5.95. The molecule has 0 bridgehead atoms. The van der Waals surface area contributed by atoms with Gasteiger partial charge in [0.05, 0.1) is 15.9 Å². The molecule has 2 N–H and O–H groups in total. The SMILES string of the molecule is CCOc1cc(C=C2C(=O)NC(=S)N(c3cccc(Cl)c3C)C2=O)cc(I)c1O. The minimum atomic E-state index is -0.600. The first kappa shape index (κ1) is 21.5. The highest BCUT2D eigenvalue weighted by Gasteiger charge is 2.35. The Hall–Kier alpha value is -2.17. The predicted molar refractivity (Wildman–Crippen MR) is 124 cm³/mol. The monoisotopic (exact) mass is 542 g/mol. The molecule has 1 heterocycles. The van der Waals surface area contributed by atoms with E-state index in [0.717, 1.165) is 0 Å². The molecule has 29 heavy (non-hydrogen) atoms. The smallest absolute Gasteiger partial charge is 0.270 e. The number of hydrogen-bond acceptors (Lipinski definition) is 5. The van der Waals surface area contributed by atoms with Crippen molar-refractivity contribution >= 4 is 75.1 Å². The summed E-state index contributed by atoms with van der Waals surface area (Å²) in [5, 5.41) is 13.1. The van der Waals surface area contributed by atoms with E-state index in [2.05, 4.69) is 5.32 Å². The normalized spacial score (nSPS) is 15.7. The molecule has 2 aromatic rings.